The van der Waals surface area contributed by atoms with Crippen LogP contribution < -0.4 is 20.7 Å². The predicted octanol–water partition coefficient (Wildman–Crippen LogP) is 3.41. The van der Waals surface area contributed by atoms with Gasteiger partial charge in [0, 0.05) is 25.0 Å². The Bertz CT molecular complexity index is 671. The van der Waals surface area contributed by atoms with Gasteiger partial charge in [0.2, 0.25) is 0 Å². The van der Waals surface area contributed by atoms with Gasteiger partial charge in [-0.2, -0.15) is 0 Å². The quantitative estimate of drug-likeness (QED) is 0.587. The lowest BCUT2D eigenvalue weighted by Gasteiger charge is -2.17. The summed E-state index contributed by atoms with van der Waals surface area (Å²) in [6.07, 6.45) is 0. The standard InChI is InChI=1S/C20H28NO2P/c1-14(2)21-12-17-8-6-7-16(4)20(17)24-19-11-15(3)9-10-18(19)23-13-22-5/h6-11,14,21,24H,12-13H2,1-5H3. The maximum Gasteiger partial charge on any atom is 0.188 e. The van der Waals surface area contributed by atoms with Crippen LogP contribution in [-0.2, 0) is 11.3 Å². The first-order chi connectivity index (χ1) is 11.5. The third-order valence-corrected chi connectivity index (χ3v) is 5.41. The zero-order chi connectivity index (χ0) is 17.5. The molecule has 1 atom stereocenters. The van der Waals surface area contributed by atoms with Crippen LogP contribution in [0.2, 0.25) is 0 Å². The molecule has 2 rings (SSSR count). The molecule has 0 aliphatic carbocycles. The van der Waals surface area contributed by atoms with Crippen molar-refractivity contribution in [2.75, 3.05) is 13.9 Å². The number of hydrogen-bond acceptors (Lipinski definition) is 3. The molecule has 24 heavy (non-hydrogen) atoms. The normalized spacial score (nSPS) is 11.6. The van der Waals surface area contributed by atoms with E-state index in [1.165, 1.54) is 27.3 Å². The molecule has 0 aliphatic rings. The maximum atomic E-state index is 5.76. The molecule has 2 aromatic rings. The Labute approximate surface area is 147 Å². The summed E-state index contributed by atoms with van der Waals surface area (Å²) in [7, 11) is 2.21. The highest BCUT2D eigenvalue weighted by Gasteiger charge is 2.11. The number of ether oxygens (including phenoxy) is 2. The molecule has 0 radical (unpaired) electrons. The summed E-state index contributed by atoms with van der Waals surface area (Å²) in [6, 6.07) is 13.4. The lowest BCUT2D eigenvalue weighted by molar-refractivity contribution is 0.0519. The minimum atomic E-state index is 0.274. The number of aryl methyl sites for hydroxylation is 2. The molecular formula is C20H28NO2P. The van der Waals surface area contributed by atoms with Gasteiger partial charge in [-0.3, -0.25) is 0 Å². The van der Waals surface area contributed by atoms with Crippen LogP contribution in [0.15, 0.2) is 36.4 Å². The molecule has 0 saturated heterocycles. The van der Waals surface area contributed by atoms with Gasteiger partial charge < -0.3 is 14.8 Å². The highest BCUT2D eigenvalue weighted by atomic mass is 31.1. The zero-order valence-electron chi connectivity index (χ0n) is 15.3. The SMILES string of the molecule is COCOc1ccc(C)cc1Pc1c(C)cccc1CNC(C)C. The first kappa shape index (κ1) is 18.9. The lowest BCUT2D eigenvalue weighted by atomic mass is 10.1. The van der Waals surface area contributed by atoms with Crippen molar-refractivity contribution in [3.05, 3.63) is 53.1 Å². The van der Waals surface area contributed by atoms with E-state index in [-0.39, 0.29) is 6.79 Å². The Morgan fingerprint density at radius 2 is 1.92 bits per heavy atom. The molecule has 0 amide bonds. The van der Waals surface area contributed by atoms with Crippen LogP contribution in [0.5, 0.6) is 5.75 Å². The van der Waals surface area contributed by atoms with E-state index >= 15 is 0 Å². The average Bonchev–Trinajstić information content (AvgIpc) is 2.54. The van der Waals surface area contributed by atoms with E-state index in [9.17, 15) is 0 Å². The number of rotatable bonds is 8. The zero-order valence-corrected chi connectivity index (χ0v) is 16.3. The largest absolute Gasteiger partial charge is 0.467 e. The second-order valence-corrected chi connectivity index (χ2v) is 7.61. The molecule has 0 spiro atoms. The third kappa shape index (κ3) is 5.31. The van der Waals surface area contributed by atoms with Crippen molar-refractivity contribution in [1.82, 2.24) is 5.32 Å². The molecule has 0 heterocycles. The second-order valence-electron chi connectivity index (χ2n) is 6.32. The monoisotopic (exact) mass is 345 g/mol. The number of methoxy groups -OCH3 is 1. The van der Waals surface area contributed by atoms with Crippen LogP contribution in [0.1, 0.15) is 30.5 Å². The fourth-order valence-corrected chi connectivity index (χ4v) is 3.95. The lowest BCUT2D eigenvalue weighted by Crippen LogP contribution is -2.25. The van der Waals surface area contributed by atoms with Crippen LogP contribution in [0.3, 0.4) is 0 Å². The van der Waals surface area contributed by atoms with Crippen molar-refractivity contribution >= 4 is 19.2 Å². The van der Waals surface area contributed by atoms with Crippen LogP contribution in [0.25, 0.3) is 0 Å². The van der Waals surface area contributed by atoms with Gasteiger partial charge in [-0.15, -0.1) is 0 Å². The van der Waals surface area contributed by atoms with Gasteiger partial charge in [0.15, 0.2) is 6.79 Å². The summed E-state index contributed by atoms with van der Waals surface area (Å²) in [5.41, 5.74) is 3.94. The minimum absolute atomic E-state index is 0.274. The summed E-state index contributed by atoms with van der Waals surface area (Å²) in [6.45, 7) is 9.82. The molecule has 2 aromatic carbocycles. The smallest absolute Gasteiger partial charge is 0.188 e. The highest BCUT2D eigenvalue weighted by Crippen LogP contribution is 2.24. The molecule has 3 nitrogen and oxygen atoms in total. The molecule has 0 bridgehead atoms. The average molecular weight is 345 g/mol. The minimum Gasteiger partial charge on any atom is -0.467 e. The Hall–Kier alpha value is -1.41. The molecular weight excluding hydrogens is 317 g/mol. The van der Waals surface area contributed by atoms with Crippen LogP contribution in [0.4, 0.5) is 0 Å². The highest BCUT2D eigenvalue weighted by molar-refractivity contribution is 7.56. The topological polar surface area (TPSA) is 30.5 Å². The van der Waals surface area contributed by atoms with E-state index in [1.54, 1.807) is 7.11 Å². The third-order valence-electron chi connectivity index (χ3n) is 3.79. The Balaban J connectivity index is 2.31. The Morgan fingerprint density at radius 1 is 1.12 bits per heavy atom. The fraction of sp³-hybridized carbons (Fsp3) is 0.400. The van der Waals surface area contributed by atoms with Crippen molar-refractivity contribution < 1.29 is 9.47 Å². The van der Waals surface area contributed by atoms with Gasteiger partial charge in [-0.25, -0.2) is 0 Å². The summed E-state index contributed by atoms with van der Waals surface area (Å²) in [5.74, 6) is 0.909. The summed E-state index contributed by atoms with van der Waals surface area (Å²) in [5, 5.41) is 6.16. The van der Waals surface area contributed by atoms with Crippen molar-refractivity contribution in [2.24, 2.45) is 0 Å². The Morgan fingerprint density at radius 3 is 2.62 bits per heavy atom. The van der Waals surface area contributed by atoms with E-state index in [4.69, 9.17) is 9.47 Å². The summed E-state index contributed by atoms with van der Waals surface area (Å²) >= 11 is 0. The van der Waals surface area contributed by atoms with E-state index in [0.29, 0.717) is 14.6 Å². The van der Waals surface area contributed by atoms with Gasteiger partial charge in [-0.05, 0) is 42.4 Å². The van der Waals surface area contributed by atoms with Crippen molar-refractivity contribution in [2.45, 2.75) is 40.3 Å². The van der Waals surface area contributed by atoms with Crippen LogP contribution in [-0.4, -0.2) is 19.9 Å². The van der Waals surface area contributed by atoms with Gasteiger partial charge >= 0.3 is 0 Å². The molecule has 0 aromatic heterocycles. The molecule has 0 fully saturated rings. The van der Waals surface area contributed by atoms with Crippen molar-refractivity contribution in [3.63, 3.8) is 0 Å². The van der Waals surface area contributed by atoms with E-state index in [0.717, 1.165) is 12.3 Å². The Kier molecular flexibility index (Phi) is 7.23. The summed E-state index contributed by atoms with van der Waals surface area (Å²) in [4.78, 5) is 0. The molecule has 130 valence electrons. The first-order valence-corrected chi connectivity index (χ1v) is 9.32. The molecule has 4 heteroatoms. The van der Waals surface area contributed by atoms with E-state index in [2.05, 4.69) is 63.3 Å². The maximum absolute atomic E-state index is 5.76. The van der Waals surface area contributed by atoms with Gasteiger partial charge in [-0.1, -0.05) is 52.3 Å². The molecule has 1 unspecified atom stereocenters. The van der Waals surface area contributed by atoms with Gasteiger partial charge in [0.1, 0.15) is 5.75 Å². The first-order valence-electron chi connectivity index (χ1n) is 8.32. The van der Waals surface area contributed by atoms with Gasteiger partial charge in [0.25, 0.3) is 0 Å². The van der Waals surface area contributed by atoms with E-state index in [1.807, 2.05) is 6.07 Å². The van der Waals surface area contributed by atoms with E-state index < -0.39 is 0 Å². The predicted molar refractivity (Wildman–Crippen MR) is 104 cm³/mol. The van der Waals surface area contributed by atoms with Crippen LogP contribution >= 0.6 is 8.58 Å². The number of benzene rings is 2. The number of nitrogens with one attached hydrogen (secondary N) is 1. The summed E-state index contributed by atoms with van der Waals surface area (Å²) < 4.78 is 10.8. The molecule has 0 saturated carbocycles. The van der Waals surface area contributed by atoms with Crippen LogP contribution in [0, 0.1) is 13.8 Å². The second kappa shape index (κ2) is 9.17. The number of hydrogen-bond donors (Lipinski definition) is 1. The molecule has 0 aliphatic heterocycles. The molecule has 1 N–H and O–H groups in total. The van der Waals surface area contributed by atoms with Crippen molar-refractivity contribution in [1.29, 1.82) is 0 Å². The fourth-order valence-electron chi connectivity index (χ4n) is 2.49. The van der Waals surface area contributed by atoms with Gasteiger partial charge in [0.05, 0.1) is 0 Å². The van der Waals surface area contributed by atoms with Crippen molar-refractivity contribution in [3.8, 4) is 5.75 Å².